The number of ether oxygens (including phenoxy) is 2. The number of nitrogens with zero attached hydrogens (tertiary/aromatic N) is 3. The van der Waals surface area contributed by atoms with Crippen molar-refractivity contribution in [3.05, 3.63) is 75.5 Å². The number of rotatable bonds is 18. The van der Waals surface area contributed by atoms with E-state index in [1.54, 1.807) is 0 Å². The molecular formula is C36H50N4O3. The SMILES string of the molecule is CCCCOc1cc(N(CC)CC)ccc1C=Cc1cc(C=Cc2ccc(N(CC)CC)cc2OCCCC)[nH]c(=O)n1. The average Bonchev–Trinajstić information content (AvgIpc) is 3.01. The van der Waals surface area contributed by atoms with Crippen LogP contribution in [0.4, 0.5) is 11.4 Å². The zero-order valence-electron chi connectivity index (χ0n) is 27.0. The molecule has 0 aliphatic carbocycles. The lowest BCUT2D eigenvalue weighted by molar-refractivity contribution is 0.308. The zero-order valence-corrected chi connectivity index (χ0v) is 27.0. The summed E-state index contributed by atoms with van der Waals surface area (Å²) in [4.78, 5) is 24.1. The van der Waals surface area contributed by atoms with Crippen molar-refractivity contribution in [3.8, 4) is 11.5 Å². The van der Waals surface area contributed by atoms with Crippen LogP contribution in [0.5, 0.6) is 11.5 Å². The van der Waals surface area contributed by atoms with Crippen molar-refractivity contribution in [3.63, 3.8) is 0 Å². The fourth-order valence-corrected chi connectivity index (χ4v) is 4.82. The minimum Gasteiger partial charge on any atom is -0.493 e. The lowest BCUT2D eigenvalue weighted by Crippen LogP contribution is -2.21. The lowest BCUT2D eigenvalue weighted by Gasteiger charge is -2.22. The van der Waals surface area contributed by atoms with Crippen molar-refractivity contribution >= 4 is 35.7 Å². The Morgan fingerprint density at radius 2 is 1.16 bits per heavy atom. The van der Waals surface area contributed by atoms with E-state index in [9.17, 15) is 4.79 Å². The largest absolute Gasteiger partial charge is 0.493 e. The molecule has 0 unspecified atom stereocenters. The summed E-state index contributed by atoms with van der Waals surface area (Å²) in [5.41, 5.74) is 5.04. The topological polar surface area (TPSA) is 70.7 Å². The lowest BCUT2D eigenvalue weighted by atomic mass is 10.1. The fraction of sp³-hybridized carbons (Fsp3) is 0.444. The summed E-state index contributed by atoms with van der Waals surface area (Å²) in [7, 11) is 0. The molecule has 0 saturated heterocycles. The molecule has 3 aromatic rings. The molecule has 0 saturated carbocycles. The number of unbranched alkanes of at least 4 members (excludes halogenated alkanes) is 2. The van der Waals surface area contributed by atoms with Crippen LogP contribution in [0.1, 0.15) is 89.7 Å². The predicted molar refractivity (Wildman–Crippen MR) is 184 cm³/mol. The molecule has 0 bridgehead atoms. The number of nitrogens with one attached hydrogen (secondary N) is 1. The van der Waals surface area contributed by atoms with Crippen LogP contribution in [0.15, 0.2) is 47.3 Å². The van der Waals surface area contributed by atoms with Gasteiger partial charge >= 0.3 is 5.69 Å². The molecular weight excluding hydrogens is 536 g/mol. The highest BCUT2D eigenvalue weighted by molar-refractivity contribution is 5.76. The van der Waals surface area contributed by atoms with Gasteiger partial charge < -0.3 is 24.3 Å². The third-order valence-corrected chi connectivity index (χ3v) is 7.42. The normalized spacial score (nSPS) is 11.4. The van der Waals surface area contributed by atoms with E-state index in [4.69, 9.17) is 9.47 Å². The number of H-pyrrole nitrogens is 1. The van der Waals surface area contributed by atoms with E-state index < -0.39 is 5.69 Å². The van der Waals surface area contributed by atoms with Crippen LogP contribution in [-0.4, -0.2) is 49.4 Å². The van der Waals surface area contributed by atoms with Crippen molar-refractivity contribution in [2.75, 3.05) is 49.2 Å². The zero-order chi connectivity index (χ0) is 31.0. The summed E-state index contributed by atoms with van der Waals surface area (Å²) in [6.07, 6.45) is 11.8. The van der Waals surface area contributed by atoms with Gasteiger partial charge in [-0.1, -0.05) is 26.7 Å². The highest BCUT2D eigenvalue weighted by Crippen LogP contribution is 2.29. The van der Waals surface area contributed by atoms with Gasteiger partial charge in [0.05, 0.1) is 18.9 Å². The Labute approximate surface area is 258 Å². The third-order valence-electron chi connectivity index (χ3n) is 7.42. The predicted octanol–water partition coefficient (Wildman–Crippen LogP) is 8.16. The minimum absolute atomic E-state index is 0.394. The second-order valence-corrected chi connectivity index (χ2v) is 10.4. The highest BCUT2D eigenvalue weighted by Gasteiger charge is 2.10. The molecule has 0 aliphatic heterocycles. The maximum absolute atomic E-state index is 12.5. The molecule has 1 aromatic heterocycles. The standard InChI is InChI=1S/C36H50N4O3/c1-7-13-23-42-34-26-32(39(9-3)10-4)21-17-28(34)15-19-30-25-31(38-36(41)37-30)20-16-29-18-22-33(40(11-5)12-6)27-35(29)43-24-14-8-2/h15-22,25-27H,7-14,23-24H2,1-6H3,(H,37,38,41). The monoisotopic (exact) mass is 586 g/mol. The molecule has 0 atom stereocenters. The van der Waals surface area contributed by atoms with Crippen LogP contribution in [0, 0.1) is 0 Å². The van der Waals surface area contributed by atoms with E-state index in [2.05, 4.69) is 97.7 Å². The van der Waals surface area contributed by atoms with Gasteiger partial charge in [0, 0.05) is 66.5 Å². The first-order chi connectivity index (χ1) is 21.0. The van der Waals surface area contributed by atoms with Gasteiger partial charge in [0.1, 0.15) is 11.5 Å². The van der Waals surface area contributed by atoms with Gasteiger partial charge in [-0.05, 0) is 95.2 Å². The number of aromatic amines is 1. The minimum atomic E-state index is -0.394. The highest BCUT2D eigenvalue weighted by atomic mass is 16.5. The quantitative estimate of drug-likeness (QED) is 0.152. The van der Waals surface area contributed by atoms with Gasteiger partial charge in [0.2, 0.25) is 0 Å². The second-order valence-electron chi connectivity index (χ2n) is 10.4. The fourth-order valence-electron chi connectivity index (χ4n) is 4.82. The summed E-state index contributed by atoms with van der Waals surface area (Å²) >= 11 is 0. The summed E-state index contributed by atoms with van der Waals surface area (Å²) in [6.45, 7) is 18.0. The number of anilines is 2. The van der Waals surface area contributed by atoms with E-state index in [-0.39, 0.29) is 0 Å². The van der Waals surface area contributed by atoms with E-state index in [1.165, 1.54) is 0 Å². The molecule has 43 heavy (non-hydrogen) atoms. The van der Waals surface area contributed by atoms with E-state index >= 15 is 0 Å². The van der Waals surface area contributed by atoms with Crippen LogP contribution in [0.25, 0.3) is 24.3 Å². The van der Waals surface area contributed by atoms with Crippen molar-refractivity contribution in [1.82, 2.24) is 9.97 Å². The number of hydrogen-bond donors (Lipinski definition) is 1. The second kappa shape index (κ2) is 17.8. The molecule has 0 amide bonds. The van der Waals surface area contributed by atoms with Gasteiger partial charge in [-0.25, -0.2) is 4.79 Å². The summed E-state index contributed by atoms with van der Waals surface area (Å²) < 4.78 is 12.3. The molecule has 7 nitrogen and oxygen atoms in total. The van der Waals surface area contributed by atoms with Crippen LogP contribution >= 0.6 is 0 Å². The number of hydrogen-bond acceptors (Lipinski definition) is 6. The molecule has 2 aromatic carbocycles. The third kappa shape index (κ3) is 10.1. The van der Waals surface area contributed by atoms with Crippen molar-refractivity contribution in [2.45, 2.75) is 67.2 Å². The molecule has 1 heterocycles. The van der Waals surface area contributed by atoms with Crippen LogP contribution in [-0.2, 0) is 0 Å². The first kappa shape index (κ1) is 33.5. The number of aromatic nitrogens is 2. The summed E-state index contributed by atoms with van der Waals surface area (Å²) in [5, 5.41) is 0. The van der Waals surface area contributed by atoms with Gasteiger partial charge in [0.15, 0.2) is 0 Å². The molecule has 7 heteroatoms. The summed E-state index contributed by atoms with van der Waals surface area (Å²) in [5.74, 6) is 1.68. The molecule has 0 aliphatic rings. The van der Waals surface area contributed by atoms with Crippen molar-refractivity contribution in [1.29, 1.82) is 0 Å². The van der Waals surface area contributed by atoms with Crippen LogP contribution < -0.4 is 25.0 Å². The van der Waals surface area contributed by atoms with Gasteiger partial charge in [0.25, 0.3) is 0 Å². The van der Waals surface area contributed by atoms with Crippen LogP contribution in [0.2, 0.25) is 0 Å². The Morgan fingerprint density at radius 3 is 1.63 bits per heavy atom. The van der Waals surface area contributed by atoms with Gasteiger partial charge in [-0.15, -0.1) is 0 Å². The Bertz CT molecular complexity index is 1290. The summed E-state index contributed by atoms with van der Waals surface area (Å²) in [6, 6.07) is 14.5. The molecule has 0 radical (unpaired) electrons. The molecule has 232 valence electrons. The van der Waals surface area contributed by atoms with Crippen molar-refractivity contribution < 1.29 is 9.47 Å². The van der Waals surface area contributed by atoms with Crippen LogP contribution in [0.3, 0.4) is 0 Å². The maximum atomic E-state index is 12.5. The molecule has 0 spiro atoms. The maximum Gasteiger partial charge on any atom is 0.345 e. The number of benzene rings is 2. The molecule has 0 fully saturated rings. The molecule has 1 N–H and O–H groups in total. The smallest absolute Gasteiger partial charge is 0.345 e. The van der Waals surface area contributed by atoms with E-state index in [1.807, 2.05) is 30.4 Å². The first-order valence-electron chi connectivity index (χ1n) is 16.0. The van der Waals surface area contributed by atoms with E-state index in [0.717, 1.165) is 85.9 Å². The Morgan fingerprint density at radius 1 is 0.674 bits per heavy atom. The van der Waals surface area contributed by atoms with Crippen molar-refractivity contribution in [2.24, 2.45) is 0 Å². The average molecular weight is 587 g/mol. The Kier molecular flexibility index (Phi) is 13.9. The van der Waals surface area contributed by atoms with E-state index in [0.29, 0.717) is 24.6 Å². The van der Waals surface area contributed by atoms with Gasteiger partial charge in [-0.3, -0.25) is 0 Å². The van der Waals surface area contributed by atoms with Gasteiger partial charge in [-0.2, -0.15) is 4.98 Å². The Hall–Kier alpha value is -4.00. The Balaban J connectivity index is 1.89. The molecule has 3 rings (SSSR count). The first-order valence-corrected chi connectivity index (χ1v) is 16.0.